The van der Waals surface area contributed by atoms with Gasteiger partial charge < -0.3 is 10.6 Å². The summed E-state index contributed by atoms with van der Waals surface area (Å²) < 4.78 is 0. The van der Waals surface area contributed by atoms with Crippen LogP contribution in [0.2, 0.25) is 0 Å². The SMILES string of the molecule is N#CCNC(=O)C1NC2CCC21. The van der Waals surface area contributed by atoms with Crippen LogP contribution in [0.1, 0.15) is 12.8 Å². The Morgan fingerprint density at radius 3 is 2.92 bits per heavy atom. The zero-order chi connectivity index (χ0) is 8.55. The highest BCUT2D eigenvalue weighted by Crippen LogP contribution is 2.38. The van der Waals surface area contributed by atoms with Crippen LogP contribution in [0.5, 0.6) is 0 Å². The molecule has 2 fully saturated rings. The lowest BCUT2D eigenvalue weighted by atomic mass is 9.67. The average molecular weight is 165 g/mol. The lowest BCUT2D eigenvalue weighted by Crippen LogP contribution is -2.71. The topological polar surface area (TPSA) is 64.9 Å². The van der Waals surface area contributed by atoms with Crippen LogP contribution < -0.4 is 10.6 Å². The molecule has 0 bridgehead atoms. The van der Waals surface area contributed by atoms with Crippen LogP contribution in [0.4, 0.5) is 0 Å². The molecule has 1 amide bonds. The second-order valence-electron chi connectivity index (χ2n) is 3.37. The zero-order valence-corrected chi connectivity index (χ0v) is 6.71. The largest absolute Gasteiger partial charge is 0.342 e. The van der Waals surface area contributed by atoms with Gasteiger partial charge in [-0.05, 0) is 18.8 Å². The number of carbonyl (C=O) groups excluding carboxylic acids is 1. The molecule has 1 heterocycles. The Morgan fingerprint density at radius 2 is 2.50 bits per heavy atom. The maximum absolute atomic E-state index is 11.2. The van der Waals surface area contributed by atoms with Gasteiger partial charge >= 0.3 is 0 Å². The van der Waals surface area contributed by atoms with Crippen molar-refractivity contribution in [2.24, 2.45) is 5.92 Å². The number of piperidine rings is 1. The summed E-state index contributed by atoms with van der Waals surface area (Å²) in [6, 6.07) is 2.46. The third-order valence-electron chi connectivity index (χ3n) is 2.77. The Balaban J connectivity index is 1.78. The number of fused-ring (bicyclic) bond motifs is 1. The second-order valence-corrected chi connectivity index (χ2v) is 3.37. The van der Waals surface area contributed by atoms with Gasteiger partial charge in [-0.1, -0.05) is 0 Å². The van der Waals surface area contributed by atoms with Crippen LogP contribution in [-0.4, -0.2) is 24.5 Å². The Hall–Kier alpha value is -1.08. The van der Waals surface area contributed by atoms with Gasteiger partial charge in [0, 0.05) is 6.04 Å². The lowest BCUT2D eigenvalue weighted by Gasteiger charge is -2.52. The molecule has 0 radical (unpaired) electrons. The van der Waals surface area contributed by atoms with E-state index in [-0.39, 0.29) is 18.5 Å². The predicted molar refractivity (Wildman–Crippen MR) is 42.1 cm³/mol. The molecule has 0 aromatic heterocycles. The third-order valence-corrected chi connectivity index (χ3v) is 2.77. The number of rotatable bonds is 2. The number of amides is 1. The standard InChI is InChI=1S/C8H11N3O/c9-3-4-10-8(12)7-5-1-2-6(5)11-7/h5-7,11H,1-2,4H2,(H,10,12). The minimum Gasteiger partial charge on any atom is -0.342 e. The monoisotopic (exact) mass is 165 g/mol. The fraction of sp³-hybridized carbons (Fsp3) is 0.750. The molecule has 4 heteroatoms. The molecule has 1 saturated carbocycles. The molecule has 4 nitrogen and oxygen atoms in total. The van der Waals surface area contributed by atoms with E-state index in [4.69, 9.17) is 5.26 Å². The van der Waals surface area contributed by atoms with Gasteiger partial charge in [0.05, 0.1) is 12.1 Å². The first-order chi connectivity index (χ1) is 5.83. The van der Waals surface area contributed by atoms with Gasteiger partial charge in [-0.15, -0.1) is 0 Å². The van der Waals surface area contributed by atoms with Gasteiger partial charge in [0.25, 0.3) is 0 Å². The van der Waals surface area contributed by atoms with E-state index in [1.807, 2.05) is 6.07 Å². The van der Waals surface area contributed by atoms with E-state index >= 15 is 0 Å². The van der Waals surface area contributed by atoms with Crippen molar-refractivity contribution in [1.82, 2.24) is 10.6 Å². The summed E-state index contributed by atoms with van der Waals surface area (Å²) in [5.74, 6) is 0.529. The van der Waals surface area contributed by atoms with Crippen molar-refractivity contribution in [3.63, 3.8) is 0 Å². The molecule has 0 aromatic rings. The molecule has 2 N–H and O–H groups in total. The van der Waals surface area contributed by atoms with E-state index < -0.39 is 0 Å². The summed E-state index contributed by atoms with van der Waals surface area (Å²) in [5.41, 5.74) is 0. The van der Waals surface area contributed by atoms with Crippen molar-refractivity contribution in [3.05, 3.63) is 0 Å². The van der Waals surface area contributed by atoms with Crippen LogP contribution in [0.15, 0.2) is 0 Å². The van der Waals surface area contributed by atoms with Crippen molar-refractivity contribution in [2.45, 2.75) is 24.9 Å². The fourth-order valence-electron chi connectivity index (χ4n) is 1.87. The number of hydrogen-bond donors (Lipinski definition) is 2. The van der Waals surface area contributed by atoms with Crippen LogP contribution >= 0.6 is 0 Å². The van der Waals surface area contributed by atoms with E-state index in [0.717, 1.165) is 6.42 Å². The number of carbonyl (C=O) groups is 1. The van der Waals surface area contributed by atoms with Crippen LogP contribution in [0.3, 0.4) is 0 Å². The summed E-state index contributed by atoms with van der Waals surface area (Å²) in [7, 11) is 0. The van der Waals surface area contributed by atoms with Gasteiger partial charge in [0.15, 0.2) is 0 Å². The molecule has 3 atom stereocenters. The first-order valence-electron chi connectivity index (χ1n) is 4.23. The highest BCUT2D eigenvalue weighted by atomic mass is 16.2. The first kappa shape index (κ1) is 7.56. The Labute approximate surface area is 70.9 Å². The van der Waals surface area contributed by atoms with Gasteiger partial charge in [0.1, 0.15) is 6.54 Å². The summed E-state index contributed by atoms with van der Waals surface area (Å²) in [5, 5.41) is 14.0. The molecular formula is C8H11N3O. The highest BCUT2D eigenvalue weighted by molar-refractivity contribution is 5.83. The highest BCUT2D eigenvalue weighted by Gasteiger charge is 2.49. The maximum atomic E-state index is 11.2. The average Bonchev–Trinajstić information content (AvgIpc) is 2.05. The summed E-state index contributed by atoms with van der Waals surface area (Å²) in [4.78, 5) is 11.2. The molecule has 1 aliphatic carbocycles. The Morgan fingerprint density at radius 1 is 1.67 bits per heavy atom. The molecular weight excluding hydrogens is 154 g/mol. The van der Waals surface area contributed by atoms with Crippen molar-refractivity contribution in [2.75, 3.05) is 6.54 Å². The minimum absolute atomic E-state index is 0.0162. The van der Waals surface area contributed by atoms with Crippen LogP contribution in [-0.2, 0) is 4.79 Å². The van der Waals surface area contributed by atoms with Gasteiger partial charge in [0.2, 0.25) is 5.91 Å². The third kappa shape index (κ3) is 0.978. The predicted octanol–water partition coefficient (Wildman–Crippen LogP) is -0.623. The number of hydrogen-bond acceptors (Lipinski definition) is 3. The van der Waals surface area contributed by atoms with E-state index in [9.17, 15) is 4.79 Å². The van der Waals surface area contributed by atoms with Crippen molar-refractivity contribution in [1.29, 1.82) is 5.26 Å². The Kier molecular flexibility index (Phi) is 1.74. The zero-order valence-electron chi connectivity index (χ0n) is 6.71. The molecule has 2 aliphatic rings. The number of nitrogens with one attached hydrogen (secondary N) is 2. The van der Waals surface area contributed by atoms with Crippen molar-refractivity contribution < 1.29 is 4.79 Å². The lowest BCUT2D eigenvalue weighted by molar-refractivity contribution is -0.131. The smallest absolute Gasteiger partial charge is 0.238 e. The van der Waals surface area contributed by atoms with E-state index in [2.05, 4.69) is 10.6 Å². The van der Waals surface area contributed by atoms with Crippen LogP contribution in [0.25, 0.3) is 0 Å². The number of nitrogens with zero attached hydrogens (tertiary/aromatic N) is 1. The maximum Gasteiger partial charge on any atom is 0.238 e. The summed E-state index contributed by atoms with van der Waals surface area (Å²) >= 11 is 0. The number of nitriles is 1. The molecule has 12 heavy (non-hydrogen) atoms. The van der Waals surface area contributed by atoms with E-state index in [0.29, 0.717) is 12.0 Å². The molecule has 0 spiro atoms. The summed E-state index contributed by atoms with van der Waals surface area (Å²) in [6.07, 6.45) is 2.36. The normalized spacial score (nSPS) is 36.8. The second kappa shape index (κ2) is 2.76. The molecule has 1 saturated heterocycles. The van der Waals surface area contributed by atoms with Gasteiger partial charge in [-0.2, -0.15) is 5.26 Å². The molecule has 1 aliphatic heterocycles. The Bertz CT molecular complexity index is 245. The van der Waals surface area contributed by atoms with Crippen molar-refractivity contribution in [3.8, 4) is 6.07 Å². The van der Waals surface area contributed by atoms with Gasteiger partial charge in [-0.25, -0.2) is 0 Å². The minimum atomic E-state index is -0.0166. The summed E-state index contributed by atoms with van der Waals surface area (Å²) in [6.45, 7) is 0.119. The van der Waals surface area contributed by atoms with E-state index in [1.54, 1.807) is 0 Å². The first-order valence-corrected chi connectivity index (χ1v) is 4.23. The van der Waals surface area contributed by atoms with E-state index in [1.165, 1.54) is 6.42 Å². The van der Waals surface area contributed by atoms with Crippen molar-refractivity contribution >= 4 is 5.91 Å². The van der Waals surface area contributed by atoms with Crippen LogP contribution in [0, 0.1) is 17.2 Å². The molecule has 2 rings (SSSR count). The molecule has 0 aromatic carbocycles. The quantitative estimate of drug-likeness (QED) is 0.536. The fourth-order valence-corrected chi connectivity index (χ4v) is 1.87. The molecule has 3 unspecified atom stereocenters. The molecule has 64 valence electrons. The van der Waals surface area contributed by atoms with Gasteiger partial charge in [-0.3, -0.25) is 4.79 Å².